The third kappa shape index (κ3) is 4.66. The van der Waals surface area contributed by atoms with Crippen molar-refractivity contribution in [3.63, 3.8) is 0 Å². The molecule has 0 spiro atoms. The van der Waals surface area contributed by atoms with E-state index in [1.54, 1.807) is 4.68 Å². The lowest BCUT2D eigenvalue weighted by molar-refractivity contribution is -0.132. The van der Waals surface area contributed by atoms with E-state index in [-0.39, 0.29) is 12.0 Å². The Morgan fingerprint density at radius 1 is 1.23 bits per heavy atom. The van der Waals surface area contributed by atoms with Crippen molar-refractivity contribution >= 4 is 5.91 Å². The Balaban J connectivity index is 1.50. The Hall–Kier alpha value is -2.28. The molecule has 1 atom stereocenters. The number of aliphatic hydroxyl groups excluding tert-OH is 1. The molecule has 1 aliphatic heterocycles. The maximum atomic E-state index is 12.6. The van der Waals surface area contributed by atoms with Crippen LogP contribution in [0, 0.1) is 11.8 Å². The van der Waals surface area contributed by atoms with Gasteiger partial charge in [-0.2, -0.15) is 0 Å². The molecule has 1 aliphatic rings. The Bertz CT molecular complexity index is 691. The number of carbonyl (C=O) groups excluding carboxylic acids is 1. The summed E-state index contributed by atoms with van der Waals surface area (Å²) < 4.78 is 1.58. The van der Waals surface area contributed by atoms with Crippen LogP contribution in [0.2, 0.25) is 0 Å². The molecule has 7 nitrogen and oxygen atoms in total. The van der Waals surface area contributed by atoms with E-state index >= 15 is 0 Å². The van der Waals surface area contributed by atoms with Gasteiger partial charge in [-0.1, -0.05) is 26.0 Å². The number of nitrogens with zero attached hydrogens (tertiary/aromatic N) is 5. The number of carbonyl (C=O) groups is 1. The van der Waals surface area contributed by atoms with E-state index in [1.807, 2.05) is 29.2 Å². The lowest BCUT2D eigenvalue weighted by Crippen LogP contribution is -2.42. The van der Waals surface area contributed by atoms with Gasteiger partial charge in [-0.05, 0) is 59.2 Å². The number of amides is 1. The van der Waals surface area contributed by atoms with E-state index in [9.17, 15) is 9.90 Å². The topological polar surface area (TPSA) is 84.1 Å². The van der Waals surface area contributed by atoms with Crippen LogP contribution >= 0.6 is 0 Å². The summed E-state index contributed by atoms with van der Waals surface area (Å²) in [5.41, 5.74) is 1.85. The number of aromatic nitrogens is 4. The van der Waals surface area contributed by atoms with E-state index in [4.69, 9.17) is 0 Å². The Morgan fingerprint density at radius 2 is 1.92 bits per heavy atom. The number of tetrazole rings is 1. The fourth-order valence-electron chi connectivity index (χ4n) is 3.54. The van der Waals surface area contributed by atoms with Gasteiger partial charge in [0, 0.05) is 13.1 Å². The van der Waals surface area contributed by atoms with Crippen molar-refractivity contribution < 1.29 is 9.90 Å². The van der Waals surface area contributed by atoms with Crippen LogP contribution in [0.5, 0.6) is 0 Å². The molecule has 1 fully saturated rings. The van der Waals surface area contributed by atoms with Crippen LogP contribution in [-0.4, -0.2) is 55.3 Å². The third-order valence-corrected chi connectivity index (χ3v) is 5.05. The van der Waals surface area contributed by atoms with Crippen LogP contribution in [-0.2, 0) is 11.2 Å². The van der Waals surface area contributed by atoms with Gasteiger partial charge in [-0.15, -0.1) is 5.10 Å². The van der Waals surface area contributed by atoms with E-state index in [0.29, 0.717) is 18.3 Å². The fraction of sp³-hybridized carbons (Fsp3) is 0.579. The molecule has 1 aromatic heterocycles. The molecule has 0 aliphatic carbocycles. The average molecular weight is 357 g/mol. The molecule has 1 aromatic carbocycles. The van der Waals surface area contributed by atoms with Crippen molar-refractivity contribution in [1.82, 2.24) is 25.1 Å². The summed E-state index contributed by atoms with van der Waals surface area (Å²) in [6.07, 6.45) is 4.31. The number of rotatable bonds is 6. The molecule has 2 heterocycles. The molecule has 1 N–H and O–H groups in total. The molecule has 140 valence electrons. The monoisotopic (exact) mass is 357 g/mol. The van der Waals surface area contributed by atoms with Crippen LogP contribution in [0.4, 0.5) is 0 Å². The third-order valence-electron chi connectivity index (χ3n) is 5.05. The number of hydrogen-bond acceptors (Lipinski definition) is 5. The largest absolute Gasteiger partial charge is 0.393 e. The molecular formula is C19H27N5O2. The van der Waals surface area contributed by atoms with Gasteiger partial charge in [0.2, 0.25) is 5.91 Å². The highest BCUT2D eigenvalue weighted by atomic mass is 16.3. The molecule has 3 rings (SSSR count). The first-order valence-corrected chi connectivity index (χ1v) is 9.31. The van der Waals surface area contributed by atoms with Gasteiger partial charge in [0.05, 0.1) is 18.2 Å². The summed E-state index contributed by atoms with van der Waals surface area (Å²) >= 11 is 0. The van der Waals surface area contributed by atoms with Crippen LogP contribution in [0.25, 0.3) is 5.69 Å². The molecule has 7 heteroatoms. The van der Waals surface area contributed by atoms with Gasteiger partial charge < -0.3 is 10.0 Å². The van der Waals surface area contributed by atoms with E-state index < -0.39 is 0 Å². The van der Waals surface area contributed by atoms with Crippen molar-refractivity contribution in [3.8, 4) is 5.69 Å². The minimum Gasteiger partial charge on any atom is -0.393 e. The minimum atomic E-state index is -0.244. The second-order valence-electron chi connectivity index (χ2n) is 7.51. The second kappa shape index (κ2) is 8.40. The van der Waals surface area contributed by atoms with Gasteiger partial charge in [0.1, 0.15) is 6.33 Å². The van der Waals surface area contributed by atoms with Crippen molar-refractivity contribution in [2.45, 2.75) is 45.6 Å². The van der Waals surface area contributed by atoms with Gasteiger partial charge >= 0.3 is 0 Å². The SMILES string of the molecule is CC(C)CC(O)C1CCN(C(=O)Cc2ccc(-n3cnnn3)cc2)CC1. The number of hydrogen-bond donors (Lipinski definition) is 1. The summed E-state index contributed by atoms with van der Waals surface area (Å²) in [5, 5.41) is 21.4. The van der Waals surface area contributed by atoms with Gasteiger partial charge in [0.25, 0.3) is 0 Å². The first-order chi connectivity index (χ1) is 12.5. The Labute approximate surface area is 154 Å². The zero-order valence-corrected chi connectivity index (χ0v) is 15.5. The van der Waals surface area contributed by atoms with E-state index in [1.165, 1.54) is 6.33 Å². The lowest BCUT2D eigenvalue weighted by atomic mass is 9.87. The Kier molecular flexibility index (Phi) is 5.98. The molecule has 1 amide bonds. The van der Waals surface area contributed by atoms with Crippen LogP contribution in [0.15, 0.2) is 30.6 Å². The summed E-state index contributed by atoms with van der Waals surface area (Å²) in [7, 11) is 0. The van der Waals surface area contributed by atoms with Gasteiger partial charge in [-0.3, -0.25) is 4.79 Å². The highest BCUT2D eigenvalue weighted by Gasteiger charge is 2.27. The maximum Gasteiger partial charge on any atom is 0.226 e. The van der Waals surface area contributed by atoms with Crippen LogP contribution in [0.1, 0.15) is 38.7 Å². The highest BCUT2D eigenvalue weighted by molar-refractivity contribution is 5.78. The molecule has 2 aromatic rings. The second-order valence-corrected chi connectivity index (χ2v) is 7.51. The molecule has 1 unspecified atom stereocenters. The summed E-state index contributed by atoms with van der Waals surface area (Å²) in [4.78, 5) is 14.5. The van der Waals surface area contributed by atoms with Crippen LogP contribution in [0.3, 0.4) is 0 Å². The normalized spacial score (nSPS) is 16.8. The number of aliphatic hydroxyl groups is 1. The zero-order valence-electron chi connectivity index (χ0n) is 15.5. The highest BCUT2D eigenvalue weighted by Crippen LogP contribution is 2.25. The quantitative estimate of drug-likeness (QED) is 0.853. The van der Waals surface area contributed by atoms with Gasteiger partial charge in [-0.25, -0.2) is 4.68 Å². The number of benzene rings is 1. The maximum absolute atomic E-state index is 12.6. The van der Waals surface area contributed by atoms with Crippen molar-refractivity contribution in [2.24, 2.45) is 11.8 Å². The molecule has 0 radical (unpaired) electrons. The summed E-state index contributed by atoms with van der Waals surface area (Å²) in [6.45, 7) is 5.74. The van der Waals surface area contributed by atoms with Crippen LogP contribution < -0.4 is 0 Å². The Morgan fingerprint density at radius 3 is 2.50 bits per heavy atom. The molecular weight excluding hydrogens is 330 g/mol. The standard InChI is InChI=1S/C19H27N5O2/c1-14(2)11-18(25)16-7-9-23(10-8-16)19(26)12-15-3-5-17(6-4-15)24-13-20-21-22-24/h3-6,13-14,16,18,25H,7-12H2,1-2H3. The average Bonchev–Trinajstić information content (AvgIpc) is 3.16. The smallest absolute Gasteiger partial charge is 0.226 e. The molecule has 26 heavy (non-hydrogen) atoms. The van der Waals surface area contributed by atoms with Gasteiger partial charge in [0.15, 0.2) is 0 Å². The van der Waals surface area contributed by atoms with Crippen molar-refractivity contribution in [3.05, 3.63) is 36.2 Å². The number of piperidine rings is 1. The molecule has 1 saturated heterocycles. The van der Waals surface area contributed by atoms with E-state index in [0.717, 1.165) is 43.6 Å². The first-order valence-electron chi connectivity index (χ1n) is 9.31. The molecule has 0 saturated carbocycles. The summed E-state index contributed by atoms with van der Waals surface area (Å²) in [6, 6.07) is 7.70. The zero-order chi connectivity index (χ0) is 18.5. The van der Waals surface area contributed by atoms with Crippen molar-refractivity contribution in [2.75, 3.05) is 13.1 Å². The molecule has 0 bridgehead atoms. The van der Waals surface area contributed by atoms with Crippen molar-refractivity contribution in [1.29, 1.82) is 0 Å². The minimum absolute atomic E-state index is 0.150. The number of likely N-dealkylation sites (tertiary alicyclic amines) is 1. The van der Waals surface area contributed by atoms with E-state index in [2.05, 4.69) is 29.4 Å². The fourth-order valence-corrected chi connectivity index (χ4v) is 3.54. The predicted octanol–water partition coefficient (Wildman–Crippen LogP) is 1.85. The predicted molar refractivity (Wildman–Crippen MR) is 97.6 cm³/mol. The summed E-state index contributed by atoms with van der Waals surface area (Å²) in [5.74, 6) is 0.968. The first kappa shape index (κ1) is 18.5. The lowest BCUT2D eigenvalue weighted by Gasteiger charge is -2.34.